The number of pyridine rings is 2. The minimum Gasteiger partial charge on any atom is -0.391 e. The standard InChI is InChI=1S/C19H20F2N6O2/c1-19(20,21)15-5-2-6-17(24-15)27-14-8-16(23-11-28)22-9-13(14)18(25-27)26-7-3-4-12(29)10-26/h2,5-6,8-9,11-12,29H,3-4,7,10H2,1H3,(H,22,23,28). The van der Waals surface area contributed by atoms with E-state index in [1.807, 2.05) is 4.90 Å². The molecule has 1 amide bonds. The van der Waals surface area contributed by atoms with Gasteiger partial charge in [-0.1, -0.05) is 6.07 Å². The first-order chi connectivity index (χ1) is 13.9. The molecular formula is C19H20F2N6O2. The second-order valence-electron chi connectivity index (χ2n) is 7.10. The Hall–Kier alpha value is -3.14. The molecule has 1 atom stereocenters. The van der Waals surface area contributed by atoms with E-state index in [-0.39, 0.29) is 11.5 Å². The molecule has 1 unspecified atom stereocenters. The summed E-state index contributed by atoms with van der Waals surface area (Å²) >= 11 is 0. The van der Waals surface area contributed by atoms with Crippen molar-refractivity contribution in [1.29, 1.82) is 0 Å². The van der Waals surface area contributed by atoms with Gasteiger partial charge in [0.15, 0.2) is 11.6 Å². The van der Waals surface area contributed by atoms with Crippen molar-refractivity contribution >= 4 is 28.9 Å². The van der Waals surface area contributed by atoms with Crippen molar-refractivity contribution in [2.45, 2.75) is 31.8 Å². The number of piperidine rings is 1. The van der Waals surface area contributed by atoms with Gasteiger partial charge in [-0.3, -0.25) is 4.79 Å². The maximum atomic E-state index is 13.8. The van der Waals surface area contributed by atoms with Crippen molar-refractivity contribution in [3.63, 3.8) is 0 Å². The molecular weight excluding hydrogens is 382 g/mol. The molecule has 0 aromatic carbocycles. The van der Waals surface area contributed by atoms with Crippen LogP contribution in [0.3, 0.4) is 0 Å². The van der Waals surface area contributed by atoms with Gasteiger partial charge in [0.1, 0.15) is 11.5 Å². The number of fused-ring (bicyclic) bond motifs is 1. The molecule has 1 fully saturated rings. The van der Waals surface area contributed by atoms with Crippen molar-refractivity contribution < 1.29 is 18.7 Å². The van der Waals surface area contributed by atoms with Gasteiger partial charge in [-0.05, 0) is 25.0 Å². The zero-order chi connectivity index (χ0) is 20.6. The quantitative estimate of drug-likeness (QED) is 0.637. The Kier molecular flexibility index (Phi) is 4.87. The fraction of sp³-hybridized carbons (Fsp3) is 0.368. The molecule has 4 rings (SSSR count). The Labute approximate surface area is 165 Å². The maximum absolute atomic E-state index is 13.8. The number of nitrogens with zero attached hydrogens (tertiary/aromatic N) is 5. The highest BCUT2D eigenvalue weighted by Crippen LogP contribution is 2.32. The van der Waals surface area contributed by atoms with Crippen LogP contribution in [0.25, 0.3) is 16.7 Å². The van der Waals surface area contributed by atoms with Gasteiger partial charge >= 0.3 is 0 Å². The van der Waals surface area contributed by atoms with Gasteiger partial charge in [0.2, 0.25) is 6.41 Å². The highest BCUT2D eigenvalue weighted by molar-refractivity contribution is 5.93. The van der Waals surface area contributed by atoms with E-state index >= 15 is 0 Å². The normalized spacial score (nSPS) is 17.5. The van der Waals surface area contributed by atoms with E-state index in [2.05, 4.69) is 20.4 Å². The first-order valence-corrected chi connectivity index (χ1v) is 9.24. The average Bonchev–Trinajstić information content (AvgIpc) is 3.07. The van der Waals surface area contributed by atoms with Crippen molar-refractivity contribution in [1.82, 2.24) is 19.7 Å². The van der Waals surface area contributed by atoms with Crippen LogP contribution in [0.5, 0.6) is 0 Å². The number of halogens is 2. The number of hydrogen-bond acceptors (Lipinski definition) is 6. The number of nitrogens with one attached hydrogen (secondary N) is 1. The number of hydrogen-bond donors (Lipinski definition) is 2. The summed E-state index contributed by atoms with van der Waals surface area (Å²) in [5.74, 6) is -1.99. The van der Waals surface area contributed by atoms with Crippen LogP contribution < -0.4 is 10.2 Å². The van der Waals surface area contributed by atoms with Crippen LogP contribution in [-0.4, -0.2) is 50.5 Å². The lowest BCUT2D eigenvalue weighted by Gasteiger charge is -2.30. The van der Waals surface area contributed by atoms with Crippen LogP contribution in [0, 0.1) is 0 Å². The predicted molar refractivity (Wildman–Crippen MR) is 103 cm³/mol. The van der Waals surface area contributed by atoms with E-state index < -0.39 is 12.0 Å². The molecule has 0 saturated carbocycles. The van der Waals surface area contributed by atoms with E-state index in [0.717, 1.165) is 19.8 Å². The smallest absolute Gasteiger partial charge is 0.287 e. The molecule has 152 valence electrons. The Morgan fingerprint density at radius 3 is 2.93 bits per heavy atom. The zero-order valence-electron chi connectivity index (χ0n) is 15.7. The van der Waals surface area contributed by atoms with Crippen molar-refractivity contribution in [2.24, 2.45) is 0 Å². The van der Waals surface area contributed by atoms with Gasteiger partial charge in [0, 0.05) is 32.3 Å². The lowest BCUT2D eigenvalue weighted by molar-refractivity contribution is -0.105. The highest BCUT2D eigenvalue weighted by atomic mass is 19.3. The SMILES string of the molecule is CC(F)(F)c1cccc(-n2nc(N3CCCC(O)C3)c3cnc(NC=O)cc32)n1. The zero-order valence-corrected chi connectivity index (χ0v) is 15.7. The molecule has 0 bridgehead atoms. The first kappa shape index (κ1) is 19.2. The molecule has 2 N–H and O–H groups in total. The second kappa shape index (κ2) is 7.36. The molecule has 1 saturated heterocycles. The van der Waals surface area contributed by atoms with E-state index in [4.69, 9.17) is 0 Å². The van der Waals surface area contributed by atoms with Crippen LogP contribution in [0.15, 0.2) is 30.5 Å². The largest absolute Gasteiger partial charge is 0.391 e. The molecule has 0 radical (unpaired) electrons. The van der Waals surface area contributed by atoms with Crippen LogP contribution in [0.1, 0.15) is 25.5 Å². The molecule has 0 aliphatic carbocycles. The summed E-state index contributed by atoms with van der Waals surface area (Å²) in [5.41, 5.74) is 0.192. The van der Waals surface area contributed by atoms with E-state index in [1.54, 1.807) is 18.3 Å². The maximum Gasteiger partial charge on any atom is 0.287 e. The van der Waals surface area contributed by atoms with E-state index in [9.17, 15) is 18.7 Å². The van der Waals surface area contributed by atoms with Crippen molar-refractivity contribution in [3.8, 4) is 5.82 Å². The molecule has 1 aliphatic rings. The third kappa shape index (κ3) is 3.75. The number of aliphatic hydroxyl groups excluding tert-OH is 1. The number of aromatic nitrogens is 4. The fourth-order valence-corrected chi connectivity index (χ4v) is 3.48. The van der Waals surface area contributed by atoms with Gasteiger partial charge in [-0.2, -0.15) is 8.78 Å². The number of rotatable bonds is 5. The Morgan fingerprint density at radius 2 is 2.21 bits per heavy atom. The Morgan fingerprint density at radius 1 is 1.38 bits per heavy atom. The summed E-state index contributed by atoms with van der Waals surface area (Å²) in [5, 5.41) is 17.8. The molecule has 29 heavy (non-hydrogen) atoms. The van der Waals surface area contributed by atoms with Crippen LogP contribution >= 0.6 is 0 Å². The topological polar surface area (TPSA) is 96.2 Å². The molecule has 1 aliphatic heterocycles. The van der Waals surface area contributed by atoms with E-state index in [1.165, 1.54) is 16.8 Å². The average molecular weight is 402 g/mol. The summed E-state index contributed by atoms with van der Waals surface area (Å²) in [4.78, 5) is 21.0. The van der Waals surface area contributed by atoms with E-state index in [0.29, 0.717) is 42.0 Å². The van der Waals surface area contributed by atoms with Gasteiger partial charge < -0.3 is 15.3 Å². The van der Waals surface area contributed by atoms with Crippen LogP contribution in [0.2, 0.25) is 0 Å². The van der Waals surface area contributed by atoms with Gasteiger partial charge in [-0.25, -0.2) is 14.6 Å². The second-order valence-corrected chi connectivity index (χ2v) is 7.10. The Bertz CT molecular complexity index is 1050. The van der Waals surface area contributed by atoms with Gasteiger partial charge in [0.25, 0.3) is 5.92 Å². The highest BCUT2D eigenvalue weighted by Gasteiger charge is 2.28. The number of aliphatic hydroxyl groups is 1. The summed E-state index contributed by atoms with van der Waals surface area (Å²) in [7, 11) is 0. The minimum absolute atomic E-state index is 0.223. The molecule has 3 aromatic rings. The summed E-state index contributed by atoms with van der Waals surface area (Å²) in [6, 6.07) is 5.96. The Balaban J connectivity index is 1.88. The molecule has 10 heteroatoms. The summed E-state index contributed by atoms with van der Waals surface area (Å²) in [6.07, 6.45) is 3.14. The fourth-order valence-electron chi connectivity index (χ4n) is 3.48. The number of alkyl halides is 2. The number of amides is 1. The molecule has 0 spiro atoms. The lowest BCUT2D eigenvalue weighted by atomic mass is 10.1. The molecule has 8 nitrogen and oxygen atoms in total. The monoisotopic (exact) mass is 402 g/mol. The minimum atomic E-state index is -3.09. The van der Waals surface area contributed by atoms with Gasteiger partial charge in [0.05, 0.1) is 17.0 Å². The summed E-state index contributed by atoms with van der Waals surface area (Å²) < 4.78 is 29.0. The summed E-state index contributed by atoms with van der Waals surface area (Å²) in [6.45, 7) is 1.91. The number of β-amino-alcohol motifs (C(OH)–C–C–N with tert-alkyl or cyclic N) is 1. The number of carbonyl (C=O) groups is 1. The third-order valence-electron chi connectivity index (χ3n) is 4.85. The third-order valence-corrected chi connectivity index (χ3v) is 4.85. The lowest BCUT2D eigenvalue weighted by Crippen LogP contribution is -2.38. The van der Waals surface area contributed by atoms with Gasteiger partial charge in [-0.15, -0.1) is 5.10 Å². The van der Waals surface area contributed by atoms with Crippen LogP contribution in [0.4, 0.5) is 20.4 Å². The van der Waals surface area contributed by atoms with Crippen LogP contribution in [-0.2, 0) is 10.7 Å². The molecule has 3 aromatic heterocycles. The molecule has 4 heterocycles. The van der Waals surface area contributed by atoms with Crippen molar-refractivity contribution in [2.75, 3.05) is 23.3 Å². The number of anilines is 2. The van der Waals surface area contributed by atoms with Crippen molar-refractivity contribution in [3.05, 3.63) is 36.2 Å². The first-order valence-electron chi connectivity index (χ1n) is 9.24. The number of carbonyl (C=O) groups excluding carboxylic acids is 1. The predicted octanol–water partition coefficient (Wildman–Crippen LogP) is 2.46.